The number of hydrogen-bond donors (Lipinski definition) is 0. The van der Waals surface area contributed by atoms with Crippen molar-refractivity contribution in [2.24, 2.45) is 0 Å². The smallest absolute Gasteiger partial charge is 0.161 e. The normalized spacial score (nSPS) is 11.4. The van der Waals surface area contributed by atoms with Crippen LogP contribution < -0.4 is 0 Å². The standard InChI is InChI=1S/C59H36N4O/c60-37-50-55(41-25-12-4-13-26-41)61-59(62-56(50)42-27-14-5-15-28-42)49-36-43(35-48(39-21-8-2-9-22-39)53(49)40-23-10-3-11-24-40)63-51-32-17-16-29-47(51)54-52(63)34-33-46-45-31-18-30-44(57(45)64-58(46)54)38-19-6-1-7-20-38/h1-36H. The largest absolute Gasteiger partial charge is 0.455 e. The second-order valence-electron chi connectivity index (χ2n) is 16.0. The Kier molecular flexibility index (Phi) is 8.81. The first-order valence-corrected chi connectivity index (χ1v) is 21.4. The van der Waals surface area contributed by atoms with Crippen LogP contribution in [0.25, 0.3) is 117 Å². The molecular formula is C59H36N4O. The zero-order valence-electron chi connectivity index (χ0n) is 34.5. The van der Waals surface area contributed by atoms with Crippen LogP contribution in [0, 0.1) is 11.3 Å². The summed E-state index contributed by atoms with van der Waals surface area (Å²) in [7, 11) is 0. The first-order valence-electron chi connectivity index (χ1n) is 21.4. The van der Waals surface area contributed by atoms with Crippen LogP contribution in [-0.4, -0.2) is 14.5 Å². The second kappa shape index (κ2) is 15.3. The lowest BCUT2D eigenvalue weighted by molar-refractivity contribution is 0.674. The molecule has 0 aliphatic heterocycles. The fraction of sp³-hybridized carbons (Fsp3) is 0. The molecule has 5 heteroatoms. The summed E-state index contributed by atoms with van der Waals surface area (Å²) < 4.78 is 9.39. The van der Waals surface area contributed by atoms with Gasteiger partial charge in [-0.25, -0.2) is 9.97 Å². The third-order valence-corrected chi connectivity index (χ3v) is 12.3. The first kappa shape index (κ1) is 37.0. The Labute approximate surface area is 369 Å². The van der Waals surface area contributed by atoms with Crippen LogP contribution in [0.15, 0.2) is 223 Å². The molecular weight excluding hydrogens is 781 g/mol. The molecule has 0 aliphatic rings. The van der Waals surface area contributed by atoms with Crippen LogP contribution in [0.1, 0.15) is 5.56 Å². The van der Waals surface area contributed by atoms with E-state index in [0.717, 1.165) is 99.5 Å². The molecule has 9 aromatic carbocycles. The van der Waals surface area contributed by atoms with Crippen LogP contribution in [0.2, 0.25) is 0 Å². The molecule has 12 aromatic rings. The Morgan fingerprint density at radius 1 is 0.406 bits per heavy atom. The Bertz CT molecular complexity index is 3700. The lowest BCUT2D eigenvalue weighted by atomic mass is 9.89. The number of nitrogens with zero attached hydrogens (tertiary/aromatic N) is 4. The van der Waals surface area contributed by atoms with Crippen LogP contribution >= 0.6 is 0 Å². The summed E-state index contributed by atoms with van der Waals surface area (Å²) in [5.74, 6) is 0.517. The molecule has 0 amide bonds. The molecule has 12 rings (SSSR count). The Balaban J connectivity index is 1.21. The number of para-hydroxylation sites is 2. The molecule has 5 nitrogen and oxygen atoms in total. The minimum Gasteiger partial charge on any atom is -0.455 e. The molecule has 0 spiro atoms. The zero-order valence-corrected chi connectivity index (χ0v) is 34.5. The van der Waals surface area contributed by atoms with Gasteiger partial charge in [0.25, 0.3) is 0 Å². The van der Waals surface area contributed by atoms with E-state index in [1.165, 1.54) is 0 Å². The van der Waals surface area contributed by atoms with Crippen molar-refractivity contribution in [2.45, 2.75) is 0 Å². The van der Waals surface area contributed by atoms with E-state index in [9.17, 15) is 5.26 Å². The number of furan rings is 1. The number of rotatable bonds is 7. The van der Waals surface area contributed by atoms with Crippen molar-refractivity contribution in [3.8, 4) is 79.0 Å². The van der Waals surface area contributed by atoms with Crippen LogP contribution in [0.3, 0.4) is 0 Å². The summed E-state index contributed by atoms with van der Waals surface area (Å²) in [6, 6.07) is 77.8. The topological polar surface area (TPSA) is 67.6 Å². The van der Waals surface area contributed by atoms with E-state index in [-0.39, 0.29) is 0 Å². The lowest BCUT2D eigenvalue weighted by Crippen LogP contribution is -2.04. The average Bonchev–Trinajstić information content (AvgIpc) is 3.93. The quantitative estimate of drug-likeness (QED) is 0.161. The van der Waals surface area contributed by atoms with Crippen molar-refractivity contribution in [3.05, 3.63) is 224 Å². The van der Waals surface area contributed by atoms with E-state index >= 15 is 0 Å². The van der Waals surface area contributed by atoms with E-state index in [4.69, 9.17) is 14.4 Å². The molecule has 0 aliphatic carbocycles. The molecule has 0 saturated carbocycles. The van der Waals surface area contributed by atoms with E-state index < -0.39 is 0 Å². The van der Waals surface area contributed by atoms with Gasteiger partial charge in [-0.3, -0.25) is 0 Å². The van der Waals surface area contributed by atoms with Gasteiger partial charge in [0.15, 0.2) is 5.82 Å². The molecule has 0 N–H and O–H groups in total. The van der Waals surface area contributed by atoms with E-state index in [2.05, 4.69) is 150 Å². The molecule has 3 aromatic heterocycles. The minimum absolute atomic E-state index is 0.425. The third-order valence-electron chi connectivity index (χ3n) is 12.3. The number of nitriles is 1. The predicted octanol–water partition coefficient (Wildman–Crippen LogP) is 15.3. The maximum Gasteiger partial charge on any atom is 0.161 e. The lowest BCUT2D eigenvalue weighted by Gasteiger charge is -2.20. The molecule has 64 heavy (non-hydrogen) atoms. The van der Waals surface area contributed by atoms with E-state index in [1.54, 1.807) is 0 Å². The molecule has 298 valence electrons. The molecule has 0 saturated heterocycles. The van der Waals surface area contributed by atoms with Gasteiger partial charge in [0.05, 0.1) is 27.8 Å². The molecule has 0 radical (unpaired) electrons. The summed E-state index contributed by atoms with van der Waals surface area (Å²) in [5, 5.41) is 15.1. The van der Waals surface area contributed by atoms with Crippen molar-refractivity contribution in [1.82, 2.24) is 14.5 Å². The number of benzene rings is 9. The Hall–Kier alpha value is -8.85. The van der Waals surface area contributed by atoms with E-state index in [0.29, 0.717) is 22.8 Å². The van der Waals surface area contributed by atoms with Gasteiger partial charge in [-0.2, -0.15) is 5.26 Å². The predicted molar refractivity (Wildman–Crippen MR) is 261 cm³/mol. The first-order chi connectivity index (χ1) is 31.7. The van der Waals surface area contributed by atoms with Gasteiger partial charge in [-0.1, -0.05) is 188 Å². The number of fused-ring (bicyclic) bond motifs is 7. The third kappa shape index (κ3) is 6.00. The maximum atomic E-state index is 10.8. The van der Waals surface area contributed by atoms with Crippen molar-refractivity contribution in [2.75, 3.05) is 0 Å². The fourth-order valence-electron chi connectivity index (χ4n) is 9.42. The van der Waals surface area contributed by atoms with Gasteiger partial charge in [0.1, 0.15) is 22.8 Å². The molecule has 0 atom stereocenters. The van der Waals surface area contributed by atoms with Gasteiger partial charge in [-0.15, -0.1) is 0 Å². The van der Waals surface area contributed by atoms with Gasteiger partial charge in [0, 0.05) is 49.7 Å². The fourth-order valence-corrected chi connectivity index (χ4v) is 9.42. The minimum atomic E-state index is 0.425. The highest BCUT2D eigenvalue weighted by Gasteiger charge is 2.26. The monoisotopic (exact) mass is 816 g/mol. The van der Waals surface area contributed by atoms with Crippen molar-refractivity contribution in [3.63, 3.8) is 0 Å². The van der Waals surface area contributed by atoms with Crippen molar-refractivity contribution >= 4 is 43.7 Å². The SMILES string of the molecule is N#Cc1c(-c2ccccc2)nc(-c2cc(-n3c4ccccc4c4c5oc6c(-c7ccccc7)cccc6c5ccc43)cc(-c3ccccc3)c2-c2ccccc2)nc1-c1ccccc1. The highest BCUT2D eigenvalue weighted by atomic mass is 16.3. The van der Waals surface area contributed by atoms with Crippen LogP contribution in [-0.2, 0) is 0 Å². The summed E-state index contributed by atoms with van der Waals surface area (Å²) in [5.41, 5.74) is 15.1. The van der Waals surface area contributed by atoms with Gasteiger partial charge < -0.3 is 8.98 Å². The summed E-state index contributed by atoms with van der Waals surface area (Å²) in [4.78, 5) is 10.8. The van der Waals surface area contributed by atoms with Gasteiger partial charge >= 0.3 is 0 Å². The van der Waals surface area contributed by atoms with E-state index in [1.807, 2.05) is 78.9 Å². The Morgan fingerprint density at radius 2 is 0.906 bits per heavy atom. The molecule has 0 unspecified atom stereocenters. The van der Waals surface area contributed by atoms with Gasteiger partial charge in [0.2, 0.25) is 0 Å². The van der Waals surface area contributed by atoms with Crippen LogP contribution in [0.4, 0.5) is 0 Å². The highest BCUT2D eigenvalue weighted by Crippen LogP contribution is 2.46. The molecule has 0 fully saturated rings. The Morgan fingerprint density at radius 3 is 1.52 bits per heavy atom. The summed E-state index contributed by atoms with van der Waals surface area (Å²) in [6.45, 7) is 0. The summed E-state index contributed by atoms with van der Waals surface area (Å²) >= 11 is 0. The molecule has 3 heterocycles. The highest BCUT2D eigenvalue weighted by molar-refractivity contribution is 6.25. The average molecular weight is 817 g/mol. The number of hydrogen-bond acceptors (Lipinski definition) is 4. The second-order valence-corrected chi connectivity index (χ2v) is 16.0. The van der Waals surface area contributed by atoms with Gasteiger partial charge in [-0.05, 0) is 52.6 Å². The number of aromatic nitrogens is 3. The zero-order chi connectivity index (χ0) is 42.6. The van der Waals surface area contributed by atoms with Crippen LogP contribution in [0.5, 0.6) is 0 Å². The molecule has 0 bridgehead atoms. The summed E-state index contributed by atoms with van der Waals surface area (Å²) in [6.07, 6.45) is 0. The van der Waals surface area contributed by atoms with Crippen molar-refractivity contribution < 1.29 is 4.42 Å². The van der Waals surface area contributed by atoms with Crippen molar-refractivity contribution in [1.29, 1.82) is 5.26 Å². The maximum absolute atomic E-state index is 10.8.